The number of hydrogen-bond donors (Lipinski definition) is 1. The number of carbonyl (C=O) groups is 3. The number of amides is 3. The smallest absolute Gasteiger partial charge is 0.405 e. The molecule has 2 unspecified atom stereocenters. The van der Waals surface area contributed by atoms with E-state index in [0.717, 1.165) is 0 Å². The predicted molar refractivity (Wildman–Crippen MR) is 102 cm³/mol. The summed E-state index contributed by atoms with van der Waals surface area (Å²) in [7, 11) is 0. The molecule has 2 fully saturated rings. The van der Waals surface area contributed by atoms with Gasteiger partial charge < -0.3 is 19.9 Å². The highest BCUT2D eigenvalue weighted by molar-refractivity contribution is 6.02. The third-order valence-electron chi connectivity index (χ3n) is 5.23. The molecule has 2 aliphatic rings. The number of nitrogens with zero attached hydrogens (tertiary/aromatic N) is 2. The number of ether oxygens (including phenoxy) is 1. The van der Waals surface area contributed by atoms with Gasteiger partial charge in [-0.3, -0.25) is 14.4 Å². The molecule has 3 amide bonds. The fourth-order valence-corrected chi connectivity index (χ4v) is 3.91. The quantitative estimate of drug-likeness (QED) is 0.754. The Balaban J connectivity index is 1.69. The Hall–Kier alpha value is -2.78. The van der Waals surface area contributed by atoms with Crippen molar-refractivity contribution >= 4 is 23.4 Å². The average Bonchev–Trinajstić information content (AvgIpc) is 3.33. The van der Waals surface area contributed by atoms with Gasteiger partial charge in [-0.25, -0.2) is 0 Å². The second-order valence-electron chi connectivity index (χ2n) is 7.33. The molecule has 0 aliphatic carbocycles. The Kier molecular flexibility index (Phi) is 6.52. The molecule has 0 bridgehead atoms. The first-order valence-corrected chi connectivity index (χ1v) is 9.88. The number of halogens is 3. The molecule has 2 aliphatic heterocycles. The summed E-state index contributed by atoms with van der Waals surface area (Å²) in [5.74, 6) is -1.57. The van der Waals surface area contributed by atoms with Gasteiger partial charge in [0.1, 0.15) is 18.3 Å². The van der Waals surface area contributed by atoms with Crippen LogP contribution in [0.2, 0.25) is 0 Å². The highest BCUT2D eigenvalue weighted by Crippen LogP contribution is 2.34. The minimum atomic E-state index is -4.52. The van der Waals surface area contributed by atoms with Crippen molar-refractivity contribution in [3.8, 4) is 5.75 Å². The lowest BCUT2D eigenvalue weighted by atomic mass is 10.1. The van der Waals surface area contributed by atoms with Crippen LogP contribution in [-0.2, 0) is 14.4 Å². The zero-order valence-corrected chi connectivity index (χ0v) is 16.6. The highest BCUT2D eigenvalue weighted by Gasteiger charge is 2.43. The number of para-hydroxylation sites is 2. The molecular formula is C20H24F3N3O4. The number of carbonyl (C=O) groups excluding carboxylic acids is 3. The molecule has 10 heteroatoms. The number of anilines is 1. The normalized spacial score (nSPS) is 21.8. The lowest BCUT2D eigenvalue weighted by Gasteiger charge is -2.27. The maximum atomic E-state index is 13.0. The van der Waals surface area contributed by atoms with Crippen LogP contribution in [0.25, 0.3) is 0 Å². The number of likely N-dealkylation sites (tertiary alicyclic amines) is 1. The van der Waals surface area contributed by atoms with E-state index in [1.807, 2.05) is 12.2 Å². The molecule has 3 rings (SSSR count). The summed E-state index contributed by atoms with van der Waals surface area (Å²) in [5.41, 5.74) is 0.570. The number of rotatable bonds is 6. The van der Waals surface area contributed by atoms with Crippen LogP contribution in [0.1, 0.15) is 26.2 Å². The van der Waals surface area contributed by atoms with Crippen LogP contribution >= 0.6 is 0 Å². The van der Waals surface area contributed by atoms with E-state index in [9.17, 15) is 27.6 Å². The first-order chi connectivity index (χ1) is 14.2. The first-order valence-electron chi connectivity index (χ1n) is 9.88. The van der Waals surface area contributed by atoms with E-state index in [1.165, 1.54) is 9.80 Å². The van der Waals surface area contributed by atoms with Gasteiger partial charge in [-0.1, -0.05) is 12.1 Å². The molecule has 2 saturated heterocycles. The summed E-state index contributed by atoms with van der Waals surface area (Å²) < 4.78 is 42.7. The molecule has 1 N–H and O–H groups in total. The number of benzene rings is 1. The maximum absolute atomic E-state index is 13.0. The second kappa shape index (κ2) is 8.93. The summed E-state index contributed by atoms with van der Waals surface area (Å²) in [6.07, 6.45) is -3.72. The zero-order valence-electron chi connectivity index (χ0n) is 16.6. The lowest BCUT2D eigenvalue weighted by molar-refractivity contribution is -0.146. The van der Waals surface area contributed by atoms with Crippen molar-refractivity contribution in [1.29, 1.82) is 0 Å². The largest absolute Gasteiger partial charge is 0.492 e. The molecule has 30 heavy (non-hydrogen) atoms. The second-order valence-corrected chi connectivity index (χ2v) is 7.33. The number of nitrogens with one attached hydrogen (secondary N) is 1. The van der Waals surface area contributed by atoms with E-state index in [0.29, 0.717) is 30.9 Å². The monoisotopic (exact) mass is 427 g/mol. The van der Waals surface area contributed by atoms with Gasteiger partial charge in [-0.15, -0.1) is 0 Å². The van der Waals surface area contributed by atoms with Crippen molar-refractivity contribution in [2.45, 2.75) is 38.4 Å². The standard InChI is InChI=1S/C20H24F3N3O4/c1-2-30-16-8-4-3-6-14(16)26-11-13(10-17(26)27)19(29)25-9-5-7-15(25)18(28)24-12-20(21,22)23/h3-4,6,8,13,15H,2,5,7,9-12H2,1H3,(H,24,28). The minimum absolute atomic E-state index is 0.0211. The van der Waals surface area contributed by atoms with Crippen LogP contribution < -0.4 is 15.0 Å². The first kappa shape index (κ1) is 21.9. The molecule has 1 aromatic rings. The van der Waals surface area contributed by atoms with Crippen LogP contribution in [0, 0.1) is 5.92 Å². The fraction of sp³-hybridized carbons (Fsp3) is 0.550. The Morgan fingerprint density at radius 3 is 2.70 bits per heavy atom. The Bertz CT molecular complexity index is 815. The summed E-state index contributed by atoms with van der Waals surface area (Å²) in [5, 5.41) is 1.85. The molecule has 0 radical (unpaired) electrons. The van der Waals surface area contributed by atoms with Gasteiger partial charge in [0.25, 0.3) is 0 Å². The molecule has 7 nitrogen and oxygen atoms in total. The lowest BCUT2D eigenvalue weighted by Crippen LogP contribution is -2.49. The van der Waals surface area contributed by atoms with Gasteiger partial charge in [0.05, 0.1) is 18.2 Å². The highest BCUT2D eigenvalue weighted by atomic mass is 19.4. The summed E-state index contributed by atoms with van der Waals surface area (Å²) in [6.45, 7) is 1.22. The van der Waals surface area contributed by atoms with Crippen LogP contribution in [0.5, 0.6) is 5.75 Å². The van der Waals surface area contributed by atoms with Gasteiger partial charge in [0.2, 0.25) is 17.7 Å². The van der Waals surface area contributed by atoms with Crippen LogP contribution in [0.15, 0.2) is 24.3 Å². The average molecular weight is 427 g/mol. The molecule has 0 saturated carbocycles. The van der Waals surface area contributed by atoms with Crippen molar-refractivity contribution in [3.63, 3.8) is 0 Å². The van der Waals surface area contributed by atoms with E-state index in [2.05, 4.69) is 0 Å². The number of hydrogen-bond acceptors (Lipinski definition) is 4. The topological polar surface area (TPSA) is 79.0 Å². The molecule has 2 atom stereocenters. The van der Waals surface area contributed by atoms with Gasteiger partial charge >= 0.3 is 6.18 Å². The van der Waals surface area contributed by atoms with Crippen molar-refractivity contribution in [3.05, 3.63) is 24.3 Å². The van der Waals surface area contributed by atoms with Crippen molar-refractivity contribution in [2.75, 3.05) is 31.1 Å². The molecule has 0 aromatic heterocycles. The molecular weight excluding hydrogens is 403 g/mol. The predicted octanol–water partition coefficient (Wildman–Crippen LogP) is 2.11. The summed E-state index contributed by atoms with van der Waals surface area (Å²) in [4.78, 5) is 40.6. The minimum Gasteiger partial charge on any atom is -0.492 e. The zero-order chi connectivity index (χ0) is 21.9. The van der Waals surface area contributed by atoms with Crippen molar-refractivity contribution in [1.82, 2.24) is 10.2 Å². The number of alkyl halides is 3. The van der Waals surface area contributed by atoms with E-state index in [-0.39, 0.29) is 31.3 Å². The van der Waals surface area contributed by atoms with E-state index in [1.54, 1.807) is 24.3 Å². The third kappa shape index (κ3) is 4.85. The maximum Gasteiger partial charge on any atom is 0.405 e. The Morgan fingerprint density at radius 1 is 1.27 bits per heavy atom. The van der Waals surface area contributed by atoms with Gasteiger partial charge in [0, 0.05) is 19.5 Å². The van der Waals surface area contributed by atoms with Crippen LogP contribution in [-0.4, -0.2) is 61.1 Å². The van der Waals surface area contributed by atoms with Crippen LogP contribution in [0.3, 0.4) is 0 Å². The third-order valence-corrected chi connectivity index (χ3v) is 5.23. The molecule has 2 heterocycles. The van der Waals surface area contributed by atoms with Crippen molar-refractivity contribution < 1.29 is 32.3 Å². The van der Waals surface area contributed by atoms with Crippen LogP contribution in [0.4, 0.5) is 18.9 Å². The van der Waals surface area contributed by atoms with E-state index < -0.39 is 30.6 Å². The molecule has 164 valence electrons. The fourth-order valence-electron chi connectivity index (χ4n) is 3.91. The SMILES string of the molecule is CCOc1ccccc1N1CC(C(=O)N2CCCC2C(=O)NCC(F)(F)F)CC1=O. The van der Waals surface area contributed by atoms with E-state index >= 15 is 0 Å². The molecule has 0 spiro atoms. The Labute approximate surface area is 172 Å². The van der Waals surface area contributed by atoms with Gasteiger partial charge in [-0.05, 0) is 31.9 Å². The summed E-state index contributed by atoms with van der Waals surface area (Å²) >= 11 is 0. The van der Waals surface area contributed by atoms with Gasteiger partial charge in [0.15, 0.2) is 0 Å². The summed E-state index contributed by atoms with van der Waals surface area (Å²) in [6, 6.07) is 6.08. The van der Waals surface area contributed by atoms with E-state index in [4.69, 9.17) is 4.74 Å². The van der Waals surface area contributed by atoms with Gasteiger partial charge in [-0.2, -0.15) is 13.2 Å². The Morgan fingerprint density at radius 2 is 2.00 bits per heavy atom. The molecule has 1 aromatic carbocycles. The van der Waals surface area contributed by atoms with Crippen molar-refractivity contribution in [2.24, 2.45) is 5.92 Å².